The number of carbonyl (C=O) groups excluding carboxylic acids is 1. The maximum Gasteiger partial charge on any atom is 0.336 e. The van der Waals surface area contributed by atoms with Gasteiger partial charge in [-0.25, -0.2) is 92.6 Å². The Labute approximate surface area is 335 Å². The molecule has 1 N–H and O–H groups in total. The highest BCUT2D eigenvalue weighted by molar-refractivity contribution is 7.20. The number of ketones is 1. The van der Waals surface area contributed by atoms with Crippen molar-refractivity contribution in [2.75, 3.05) is 0 Å². The van der Waals surface area contributed by atoms with Gasteiger partial charge in [-0.3, -0.25) is 4.79 Å². The Kier molecular flexibility index (Phi) is 13.0. The maximum absolute atomic E-state index is 15.4. The van der Waals surface area contributed by atoms with Crippen LogP contribution in [0.15, 0.2) is 54.9 Å². The van der Waals surface area contributed by atoms with Crippen molar-refractivity contribution in [2.24, 2.45) is 0 Å². The van der Waals surface area contributed by atoms with Gasteiger partial charge in [-0.05, 0) is 0 Å². The molecule has 63 heavy (non-hydrogen) atoms. The van der Waals surface area contributed by atoms with E-state index in [1.165, 1.54) is 12.1 Å². The Hall–Kier alpha value is -6.95. The Morgan fingerprint density at radius 3 is 0.841 bits per heavy atom. The van der Waals surface area contributed by atoms with Crippen LogP contribution in [-0.2, 0) is 6.54 Å². The zero-order valence-electron chi connectivity index (χ0n) is 29.8. The van der Waals surface area contributed by atoms with Crippen LogP contribution >= 0.6 is 0 Å². The average molecular weight is 921 g/mol. The van der Waals surface area contributed by atoms with Gasteiger partial charge in [0, 0.05) is 17.7 Å². The van der Waals surface area contributed by atoms with E-state index in [9.17, 15) is 62.3 Å². The first-order chi connectivity index (χ1) is 29.4. The molecular weight excluding hydrogens is 909 g/mol. The summed E-state index contributed by atoms with van der Waals surface area (Å²) in [4.78, 5) is 22.6. The minimum absolute atomic E-state index is 0.0105. The van der Waals surface area contributed by atoms with E-state index < -0.39 is 150 Å². The van der Waals surface area contributed by atoms with Gasteiger partial charge in [-0.1, -0.05) is 30.3 Å². The van der Waals surface area contributed by atoms with Crippen LogP contribution in [0.25, 0.3) is 0 Å². The lowest BCUT2D eigenvalue weighted by molar-refractivity contribution is -0.683. The molecule has 6 aromatic rings. The van der Waals surface area contributed by atoms with Crippen LogP contribution in [0.5, 0.6) is 0 Å². The van der Waals surface area contributed by atoms with Crippen LogP contribution in [0.2, 0.25) is 0 Å². The monoisotopic (exact) mass is 921 g/mol. The van der Waals surface area contributed by atoms with Gasteiger partial charge in [-0.15, -0.1) is 21.9 Å². The smallest absolute Gasteiger partial charge is 0.336 e. The lowest BCUT2D eigenvalue weighted by atomic mass is 9.12. The van der Waals surface area contributed by atoms with Crippen molar-refractivity contribution in [3.63, 3.8) is 0 Å². The predicted octanol–water partition coefficient (Wildman–Crippen LogP) is 7.40. The molecule has 330 valence electrons. The molecule has 0 spiro atoms. The number of Topliss-reactive ketones (excluding diaryl/α,β-unsaturated/α-hetero) is 1. The van der Waals surface area contributed by atoms with E-state index in [4.69, 9.17) is 5.11 Å². The molecule has 1 aromatic heterocycles. The van der Waals surface area contributed by atoms with Crippen LogP contribution in [-0.4, -0.2) is 23.0 Å². The van der Waals surface area contributed by atoms with E-state index >= 15 is 35.1 Å². The molecule has 6 rings (SSSR count). The molecule has 0 radical (unpaired) electrons. The SMILES string of the molecule is Fc1c(F)c(F)c([B-](c2c(F)c(F)c(F)c(F)c2F)(c2c(F)c(F)c(F)c(F)c2F)c2c(F)c(F)c(F)c(F)c2F)c(F)c1F.O=C(O)c1cc[n+](CC(=O)c2ccccc2)cc1. The third-order valence-electron chi connectivity index (χ3n) is 9.27. The minimum atomic E-state index is -7.22. The quantitative estimate of drug-likeness (QED) is 0.0433. The van der Waals surface area contributed by atoms with Crippen LogP contribution in [0.4, 0.5) is 87.8 Å². The fourth-order valence-corrected chi connectivity index (χ4v) is 6.46. The summed E-state index contributed by atoms with van der Waals surface area (Å²) in [5.41, 5.74) is -13.5. The summed E-state index contributed by atoms with van der Waals surface area (Å²) in [5.74, 6) is -72.4. The van der Waals surface area contributed by atoms with Gasteiger partial charge in [0.05, 0.1) is 5.56 Å². The van der Waals surface area contributed by atoms with E-state index in [1.54, 1.807) is 29.1 Å². The highest BCUT2D eigenvalue weighted by atomic mass is 19.2. The second-order valence-electron chi connectivity index (χ2n) is 12.7. The molecule has 0 aliphatic rings. The number of halogens is 20. The zero-order chi connectivity index (χ0) is 47.3. The number of aromatic nitrogens is 1. The number of benzene rings is 5. The van der Waals surface area contributed by atoms with Gasteiger partial charge >= 0.3 is 5.97 Å². The van der Waals surface area contributed by atoms with Crippen LogP contribution in [0.1, 0.15) is 20.7 Å². The van der Waals surface area contributed by atoms with E-state index in [0.29, 0.717) is 5.56 Å². The Morgan fingerprint density at radius 2 is 0.603 bits per heavy atom. The van der Waals surface area contributed by atoms with Crippen molar-refractivity contribution in [3.8, 4) is 0 Å². The number of carboxylic acid groups (broad SMARTS) is 1. The predicted molar refractivity (Wildman–Crippen MR) is 174 cm³/mol. The normalized spacial score (nSPS) is 11.4. The second kappa shape index (κ2) is 17.4. The summed E-state index contributed by atoms with van der Waals surface area (Å²) < 4.78 is 296. The van der Waals surface area contributed by atoms with Crippen molar-refractivity contribution in [1.82, 2.24) is 0 Å². The molecule has 1 heterocycles. The van der Waals surface area contributed by atoms with Crippen molar-refractivity contribution in [2.45, 2.75) is 6.54 Å². The molecule has 4 nitrogen and oxygen atoms in total. The topological polar surface area (TPSA) is 58.2 Å². The summed E-state index contributed by atoms with van der Waals surface area (Å²) in [5, 5.41) is 8.76. The van der Waals surface area contributed by atoms with E-state index in [0.717, 1.165) is 0 Å². The first-order valence-corrected chi connectivity index (χ1v) is 16.4. The third-order valence-corrected chi connectivity index (χ3v) is 9.27. The molecule has 5 aromatic carbocycles. The molecule has 0 aliphatic carbocycles. The third kappa shape index (κ3) is 7.57. The van der Waals surface area contributed by atoms with Gasteiger partial charge in [0.15, 0.2) is 82.2 Å². The van der Waals surface area contributed by atoms with Crippen molar-refractivity contribution in [3.05, 3.63) is 182 Å². The van der Waals surface area contributed by atoms with E-state index in [-0.39, 0.29) is 17.9 Å². The Balaban J connectivity index is 0.000000345. The van der Waals surface area contributed by atoms with Crippen molar-refractivity contribution < 1.29 is 107 Å². The van der Waals surface area contributed by atoms with Crippen molar-refractivity contribution >= 4 is 39.7 Å². The van der Waals surface area contributed by atoms with Gasteiger partial charge in [0.2, 0.25) is 12.3 Å². The number of carbonyl (C=O) groups is 2. The zero-order valence-corrected chi connectivity index (χ0v) is 29.8. The molecule has 0 unspecified atom stereocenters. The Morgan fingerprint density at radius 1 is 0.365 bits per heavy atom. The number of aromatic carboxylic acids is 1. The van der Waals surface area contributed by atoms with E-state index in [2.05, 4.69) is 0 Å². The number of pyridine rings is 1. The van der Waals surface area contributed by atoms with E-state index in [1.807, 2.05) is 18.2 Å². The molecule has 0 saturated heterocycles. The number of rotatable bonds is 8. The standard InChI is InChI=1S/C24BF20.C14H11NO3/c26-5-1(6(27)14(35)21(42)13(5)34)25(2-7(28)15(36)22(43)16(37)8(2)29,3-9(30)17(38)23(44)18(39)10(3)31)4-11(32)19(40)24(45)20(41)12(4)33;16-13(11-4-2-1-3-5-11)10-15-8-6-12(7-9-15)14(17)18/h;1-9H,10H2/q-1;/p+1. The second-order valence-corrected chi connectivity index (χ2v) is 12.7. The lowest BCUT2D eigenvalue weighted by Crippen LogP contribution is -2.81. The van der Waals surface area contributed by atoms with Gasteiger partial charge < -0.3 is 5.11 Å². The average Bonchev–Trinajstić information content (AvgIpc) is 3.26. The molecule has 0 saturated carbocycles. The molecule has 0 bridgehead atoms. The summed E-state index contributed by atoms with van der Waals surface area (Å²) >= 11 is 0. The number of nitrogens with zero attached hydrogens (tertiary/aromatic N) is 1. The summed E-state index contributed by atoms with van der Waals surface area (Å²) in [6, 6.07) is 11.9. The first-order valence-electron chi connectivity index (χ1n) is 16.4. The largest absolute Gasteiger partial charge is 0.478 e. The Bertz CT molecular complexity index is 2480. The summed E-state index contributed by atoms with van der Waals surface area (Å²) in [6.45, 7) is 0.198. The lowest BCUT2D eigenvalue weighted by Gasteiger charge is -2.44. The molecule has 0 aliphatic heterocycles. The van der Waals surface area contributed by atoms with Crippen LogP contribution < -0.4 is 26.4 Å². The van der Waals surface area contributed by atoms with Gasteiger partial charge in [-0.2, -0.15) is 4.57 Å². The highest BCUT2D eigenvalue weighted by Gasteiger charge is 2.52. The number of carboxylic acids is 1. The first kappa shape index (κ1) is 47.1. The maximum atomic E-state index is 15.4. The minimum Gasteiger partial charge on any atom is -0.478 e. The number of hydrogen-bond donors (Lipinski definition) is 1. The highest BCUT2D eigenvalue weighted by Crippen LogP contribution is 2.30. The fourth-order valence-electron chi connectivity index (χ4n) is 6.46. The summed E-state index contributed by atoms with van der Waals surface area (Å²) in [6.07, 6.45) is -4.04. The fraction of sp³-hybridized carbons (Fsp3) is 0.0263. The molecule has 0 fully saturated rings. The number of hydrogen-bond acceptors (Lipinski definition) is 2. The van der Waals surface area contributed by atoms with Gasteiger partial charge in [0.1, 0.15) is 52.7 Å². The molecule has 0 atom stereocenters. The van der Waals surface area contributed by atoms with Crippen molar-refractivity contribution in [1.29, 1.82) is 0 Å². The molecular formula is C38H12BF20NO3. The molecule has 25 heteroatoms. The van der Waals surface area contributed by atoms with Crippen LogP contribution in [0.3, 0.4) is 0 Å². The van der Waals surface area contributed by atoms with Crippen LogP contribution in [0, 0.1) is 116 Å². The van der Waals surface area contributed by atoms with Gasteiger partial charge in [0.25, 0.3) is 0 Å². The molecule has 0 amide bonds. The summed E-state index contributed by atoms with van der Waals surface area (Å²) in [7, 11) is 0.